The van der Waals surface area contributed by atoms with Gasteiger partial charge in [0.05, 0.1) is 6.10 Å². The molecule has 1 aliphatic heterocycles. The van der Waals surface area contributed by atoms with Gasteiger partial charge in [0.15, 0.2) is 0 Å². The number of nitrogens with one attached hydrogen (secondary N) is 1. The quantitative estimate of drug-likeness (QED) is 0.798. The molecule has 0 bridgehead atoms. The van der Waals surface area contributed by atoms with E-state index in [0.717, 1.165) is 26.0 Å². The van der Waals surface area contributed by atoms with Crippen molar-refractivity contribution in [2.45, 2.75) is 57.6 Å². The van der Waals surface area contributed by atoms with E-state index in [1.165, 1.54) is 35.7 Å². The van der Waals surface area contributed by atoms with Gasteiger partial charge in [-0.05, 0) is 56.7 Å². The van der Waals surface area contributed by atoms with Gasteiger partial charge >= 0.3 is 0 Å². The van der Waals surface area contributed by atoms with Crippen LogP contribution in [0.1, 0.15) is 44.6 Å². The minimum Gasteiger partial charge on any atom is -0.378 e. The van der Waals surface area contributed by atoms with E-state index >= 15 is 0 Å². The van der Waals surface area contributed by atoms with Crippen LogP contribution in [-0.2, 0) is 11.2 Å². The van der Waals surface area contributed by atoms with E-state index < -0.39 is 0 Å². The highest BCUT2D eigenvalue weighted by Crippen LogP contribution is 2.22. The van der Waals surface area contributed by atoms with Crippen molar-refractivity contribution in [2.75, 3.05) is 13.2 Å². The third-order valence-corrected chi connectivity index (χ3v) is 4.70. The molecule has 1 fully saturated rings. The number of halogens is 1. The lowest BCUT2D eigenvalue weighted by atomic mass is 9.96. The largest absolute Gasteiger partial charge is 0.378 e. The molecule has 0 radical (unpaired) electrons. The molecule has 1 aromatic rings. The zero-order chi connectivity index (χ0) is 14.2. The average molecular weight is 340 g/mol. The van der Waals surface area contributed by atoms with Gasteiger partial charge in [0, 0.05) is 17.1 Å². The first-order valence-corrected chi connectivity index (χ1v) is 8.67. The second kappa shape index (κ2) is 8.81. The van der Waals surface area contributed by atoms with Crippen LogP contribution >= 0.6 is 15.9 Å². The SMILES string of the molecule is CCCNC(Cc1ccccc1Br)CC1CCCCO1. The van der Waals surface area contributed by atoms with Crippen molar-refractivity contribution in [3.05, 3.63) is 34.3 Å². The third kappa shape index (κ3) is 5.19. The molecule has 2 atom stereocenters. The molecule has 2 unspecified atom stereocenters. The van der Waals surface area contributed by atoms with Gasteiger partial charge in [-0.25, -0.2) is 0 Å². The standard InChI is InChI=1S/C17H26BrNO/c1-2-10-19-15(13-16-8-5-6-11-20-16)12-14-7-3-4-9-17(14)18/h3-4,7,9,15-16,19H,2,5-6,8,10-13H2,1H3. The topological polar surface area (TPSA) is 21.3 Å². The maximum absolute atomic E-state index is 5.90. The van der Waals surface area contributed by atoms with Crippen molar-refractivity contribution < 1.29 is 4.74 Å². The molecule has 1 aliphatic rings. The van der Waals surface area contributed by atoms with Crippen LogP contribution < -0.4 is 5.32 Å². The van der Waals surface area contributed by atoms with Crippen LogP contribution in [0.3, 0.4) is 0 Å². The van der Waals surface area contributed by atoms with E-state index in [4.69, 9.17) is 4.74 Å². The summed E-state index contributed by atoms with van der Waals surface area (Å²) < 4.78 is 7.12. The average Bonchev–Trinajstić information content (AvgIpc) is 2.48. The van der Waals surface area contributed by atoms with Gasteiger partial charge in [0.1, 0.15) is 0 Å². The van der Waals surface area contributed by atoms with Crippen molar-refractivity contribution in [1.29, 1.82) is 0 Å². The maximum Gasteiger partial charge on any atom is 0.0590 e. The highest BCUT2D eigenvalue weighted by atomic mass is 79.9. The van der Waals surface area contributed by atoms with Crippen molar-refractivity contribution in [1.82, 2.24) is 5.32 Å². The fourth-order valence-electron chi connectivity index (χ4n) is 2.83. The summed E-state index contributed by atoms with van der Waals surface area (Å²) in [6.45, 7) is 4.25. The summed E-state index contributed by atoms with van der Waals surface area (Å²) in [5.74, 6) is 0. The summed E-state index contributed by atoms with van der Waals surface area (Å²) >= 11 is 3.66. The van der Waals surface area contributed by atoms with Gasteiger partial charge in [-0.3, -0.25) is 0 Å². The van der Waals surface area contributed by atoms with Crippen molar-refractivity contribution >= 4 is 15.9 Å². The van der Waals surface area contributed by atoms with Crippen molar-refractivity contribution in [2.24, 2.45) is 0 Å². The number of hydrogen-bond acceptors (Lipinski definition) is 2. The molecule has 0 aromatic heterocycles. The first kappa shape index (κ1) is 16.0. The highest BCUT2D eigenvalue weighted by Gasteiger charge is 2.20. The Kier molecular flexibility index (Phi) is 7.05. The number of rotatable bonds is 7. The molecule has 1 N–H and O–H groups in total. The normalized spacial score (nSPS) is 20.8. The van der Waals surface area contributed by atoms with Gasteiger partial charge in [0.25, 0.3) is 0 Å². The lowest BCUT2D eigenvalue weighted by Gasteiger charge is -2.28. The molecule has 1 saturated heterocycles. The Labute approximate surface area is 131 Å². The van der Waals surface area contributed by atoms with E-state index in [0.29, 0.717) is 12.1 Å². The van der Waals surface area contributed by atoms with Gasteiger partial charge in [0.2, 0.25) is 0 Å². The summed E-state index contributed by atoms with van der Waals surface area (Å²) in [6, 6.07) is 9.05. The summed E-state index contributed by atoms with van der Waals surface area (Å²) in [4.78, 5) is 0. The Bertz CT molecular complexity index is 390. The molecule has 0 aliphatic carbocycles. The molecule has 2 nitrogen and oxygen atoms in total. The molecule has 0 amide bonds. The predicted octanol–water partition coefficient (Wildman–Crippen LogP) is 4.32. The van der Waals surface area contributed by atoms with Crippen LogP contribution in [0, 0.1) is 0 Å². The van der Waals surface area contributed by atoms with Gasteiger partial charge in [-0.15, -0.1) is 0 Å². The second-order valence-electron chi connectivity index (χ2n) is 5.67. The Balaban J connectivity index is 1.93. The van der Waals surface area contributed by atoms with Crippen LogP contribution in [0.25, 0.3) is 0 Å². The number of ether oxygens (including phenoxy) is 1. The molecular weight excluding hydrogens is 314 g/mol. The minimum atomic E-state index is 0.445. The van der Waals surface area contributed by atoms with Crippen LogP contribution in [0.15, 0.2) is 28.7 Å². The maximum atomic E-state index is 5.90. The summed E-state index contributed by atoms with van der Waals surface area (Å²) in [7, 11) is 0. The minimum absolute atomic E-state index is 0.445. The predicted molar refractivity (Wildman–Crippen MR) is 88.1 cm³/mol. The lowest BCUT2D eigenvalue weighted by molar-refractivity contribution is 0.00525. The monoisotopic (exact) mass is 339 g/mol. The zero-order valence-electron chi connectivity index (χ0n) is 12.4. The van der Waals surface area contributed by atoms with Crippen LogP contribution in [0.5, 0.6) is 0 Å². The first-order valence-electron chi connectivity index (χ1n) is 7.88. The van der Waals surface area contributed by atoms with Gasteiger partial charge in [-0.1, -0.05) is 41.1 Å². The fraction of sp³-hybridized carbons (Fsp3) is 0.647. The second-order valence-corrected chi connectivity index (χ2v) is 6.53. The molecule has 1 aromatic carbocycles. The van der Waals surface area contributed by atoms with Crippen LogP contribution in [0.4, 0.5) is 0 Å². The van der Waals surface area contributed by atoms with E-state index in [9.17, 15) is 0 Å². The molecule has 2 rings (SSSR count). The van der Waals surface area contributed by atoms with Crippen LogP contribution in [-0.4, -0.2) is 25.3 Å². The van der Waals surface area contributed by atoms with Crippen molar-refractivity contribution in [3.8, 4) is 0 Å². The van der Waals surface area contributed by atoms with E-state index in [2.05, 4.69) is 52.4 Å². The van der Waals surface area contributed by atoms with Gasteiger partial charge in [-0.2, -0.15) is 0 Å². The first-order chi connectivity index (χ1) is 9.79. The number of benzene rings is 1. The highest BCUT2D eigenvalue weighted by molar-refractivity contribution is 9.10. The van der Waals surface area contributed by atoms with Crippen molar-refractivity contribution in [3.63, 3.8) is 0 Å². The molecule has 0 saturated carbocycles. The Hall–Kier alpha value is -0.380. The van der Waals surface area contributed by atoms with E-state index in [1.807, 2.05) is 0 Å². The number of hydrogen-bond donors (Lipinski definition) is 1. The summed E-state index contributed by atoms with van der Waals surface area (Å²) in [5, 5.41) is 3.69. The lowest BCUT2D eigenvalue weighted by Crippen LogP contribution is -2.36. The Morgan fingerprint density at radius 2 is 2.20 bits per heavy atom. The third-order valence-electron chi connectivity index (χ3n) is 3.93. The molecule has 3 heteroatoms. The van der Waals surface area contributed by atoms with Gasteiger partial charge < -0.3 is 10.1 Å². The fourth-order valence-corrected chi connectivity index (χ4v) is 3.27. The molecule has 0 spiro atoms. The smallest absolute Gasteiger partial charge is 0.0590 e. The zero-order valence-corrected chi connectivity index (χ0v) is 14.0. The van der Waals surface area contributed by atoms with E-state index in [-0.39, 0.29) is 0 Å². The van der Waals surface area contributed by atoms with E-state index in [1.54, 1.807) is 0 Å². The summed E-state index contributed by atoms with van der Waals surface area (Å²) in [6.07, 6.45) is 7.59. The summed E-state index contributed by atoms with van der Waals surface area (Å²) in [5.41, 5.74) is 1.39. The molecule has 1 heterocycles. The molecular formula is C17H26BrNO. The van der Waals surface area contributed by atoms with Crippen LogP contribution in [0.2, 0.25) is 0 Å². The Morgan fingerprint density at radius 3 is 2.90 bits per heavy atom. The molecule has 112 valence electrons. The Morgan fingerprint density at radius 1 is 1.35 bits per heavy atom. The molecule has 20 heavy (non-hydrogen) atoms.